The van der Waals surface area contributed by atoms with Crippen LogP contribution in [0.5, 0.6) is 0 Å². The third-order valence-electron chi connectivity index (χ3n) is 4.12. The number of rotatable bonds is 8. The molecule has 0 unspecified atom stereocenters. The molecular weight excluding hydrogens is 467 g/mol. The van der Waals surface area contributed by atoms with Gasteiger partial charge in [-0.2, -0.15) is 0 Å². The van der Waals surface area contributed by atoms with Crippen LogP contribution in [-0.2, 0) is 9.59 Å². The molecule has 0 fully saturated rings. The quantitative estimate of drug-likeness (QED) is 0.331. The zero-order valence-electron chi connectivity index (χ0n) is 16.6. The van der Waals surface area contributed by atoms with Gasteiger partial charge in [-0.3, -0.25) is 9.59 Å². The summed E-state index contributed by atoms with van der Waals surface area (Å²) in [6.07, 6.45) is 1.69. The third-order valence-corrected chi connectivity index (χ3v) is 7.22. The minimum absolute atomic E-state index is 0.114. The number of hydrogen-bond donors (Lipinski definition) is 2. The molecule has 2 amide bonds. The second-order valence-corrected chi connectivity index (χ2v) is 9.73. The molecule has 162 valence electrons. The van der Waals surface area contributed by atoms with E-state index in [0.717, 1.165) is 19.6 Å². The van der Waals surface area contributed by atoms with Crippen molar-refractivity contribution in [3.63, 3.8) is 0 Å². The molecule has 0 aliphatic rings. The number of thioether (sulfide) groups is 2. The number of halogens is 1. The monoisotopic (exact) mass is 484 g/mol. The molecule has 0 bridgehead atoms. The van der Waals surface area contributed by atoms with Crippen molar-refractivity contribution in [3.05, 3.63) is 72.7 Å². The standard InChI is InChI=1S/C22H17FN4O2S3/c23-15-5-1-2-6-16(15)26-20(29)13-31-22-27-17-9-8-14(11-18(17)32-22)25-19(28)12-30-21-7-3-4-10-24-21/h1-11H,12-13H2,(H,25,28)(H,26,29). The lowest BCUT2D eigenvalue weighted by molar-refractivity contribution is -0.114. The lowest BCUT2D eigenvalue weighted by Crippen LogP contribution is -2.14. The first-order chi connectivity index (χ1) is 15.6. The Morgan fingerprint density at radius 2 is 1.72 bits per heavy atom. The Bertz CT molecular complexity index is 1250. The summed E-state index contributed by atoms with van der Waals surface area (Å²) in [4.78, 5) is 33.0. The zero-order chi connectivity index (χ0) is 22.3. The van der Waals surface area contributed by atoms with Gasteiger partial charge >= 0.3 is 0 Å². The summed E-state index contributed by atoms with van der Waals surface area (Å²) in [5.74, 6) is -0.529. The van der Waals surface area contributed by atoms with Crippen LogP contribution in [0.2, 0.25) is 0 Å². The lowest BCUT2D eigenvalue weighted by Gasteiger charge is -2.04. The minimum Gasteiger partial charge on any atom is -0.325 e. The smallest absolute Gasteiger partial charge is 0.234 e. The highest BCUT2D eigenvalue weighted by Crippen LogP contribution is 2.31. The normalized spacial score (nSPS) is 10.8. The van der Waals surface area contributed by atoms with Gasteiger partial charge in [0, 0.05) is 11.9 Å². The Labute approximate surface area is 196 Å². The van der Waals surface area contributed by atoms with Gasteiger partial charge < -0.3 is 10.6 Å². The van der Waals surface area contributed by atoms with Crippen molar-refractivity contribution < 1.29 is 14.0 Å². The van der Waals surface area contributed by atoms with Crippen LogP contribution < -0.4 is 10.6 Å². The Hall–Kier alpha value is -2.95. The van der Waals surface area contributed by atoms with E-state index in [4.69, 9.17) is 0 Å². The molecule has 2 aromatic heterocycles. The van der Waals surface area contributed by atoms with Gasteiger partial charge in [-0.15, -0.1) is 11.3 Å². The van der Waals surface area contributed by atoms with Crippen LogP contribution >= 0.6 is 34.9 Å². The zero-order valence-corrected chi connectivity index (χ0v) is 19.0. The van der Waals surface area contributed by atoms with Crippen LogP contribution in [0.25, 0.3) is 10.2 Å². The summed E-state index contributed by atoms with van der Waals surface area (Å²) in [6, 6.07) is 17.1. The molecule has 4 rings (SSSR count). The van der Waals surface area contributed by atoms with E-state index in [0.29, 0.717) is 5.69 Å². The van der Waals surface area contributed by atoms with Gasteiger partial charge in [-0.05, 0) is 42.5 Å². The number of fused-ring (bicyclic) bond motifs is 1. The molecule has 0 saturated heterocycles. The predicted octanol–water partition coefficient (Wildman–Crippen LogP) is 5.29. The molecule has 32 heavy (non-hydrogen) atoms. The Morgan fingerprint density at radius 1 is 0.938 bits per heavy atom. The average Bonchev–Trinajstić information content (AvgIpc) is 3.21. The number of hydrogen-bond acceptors (Lipinski definition) is 7. The number of nitrogens with one attached hydrogen (secondary N) is 2. The third kappa shape index (κ3) is 6.06. The summed E-state index contributed by atoms with van der Waals surface area (Å²) in [7, 11) is 0. The fourth-order valence-corrected chi connectivity index (χ4v) is 5.26. The van der Waals surface area contributed by atoms with Crippen molar-refractivity contribution in [2.45, 2.75) is 9.37 Å². The van der Waals surface area contributed by atoms with Crippen LogP contribution in [0.15, 0.2) is 76.2 Å². The first-order valence-electron chi connectivity index (χ1n) is 9.48. The van der Waals surface area contributed by atoms with Crippen molar-refractivity contribution >= 4 is 68.3 Å². The molecule has 4 aromatic rings. The SMILES string of the molecule is O=C(CSc1ccccn1)Nc1ccc2nc(SCC(=O)Nc3ccccc3F)sc2c1. The average molecular weight is 485 g/mol. The van der Waals surface area contributed by atoms with Crippen molar-refractivity contribution in [2.24, 2.45) is 0 Å². The maximum absolute atomic E-state index is 13.6. The van der Waals surface area contributed by atoms with Gasteiger partial charge in [0.1, 0.15) is 5.82 Å². The maximum Gasteiger partial charge on any atom is 0.234 e. The van der Waals surface area contributed by atoms with Gasteiger partial charge in [0.25, 0.3) is 0 Å². The van der Waals surface area contributed by atoms with Gasteiger partial charge in [-0.25, -0.2) is 14.4 Å². The Morgan fingerprint density at radius 3 is 2.53 bits per heavy atom. The number of thiazole rings is 1. The number of carbonyl (C=O) groups is 2. The summed E-state index contributed by atoms with van der Waals surface area (Å²) in [5.41, 5.74) is 1.62. The first-order valence-corrected chi connectivity index (χ1v) is 12.3. The highest BCUT2D eigenvalue weighted by atomic mass is 32.2. The fourth-order valence-electron chi connectivity index (χ4n) is 2.69. The first kappa shape index (κ1) is 22.3. The van der Waals surface area contributed by atoms with Crippen LogP contribution in [-0.4, -0.2) is 33.3 Å². The number of benzene rings is 2. The topological polar surface area (TPSA) is 84.0 Å². The summed E-state index contributed by atoms with van der Waals surface area (Å²) >= 11 is 4.08. The number of aromatic nitrogens is 2. The molecule has 0 atom stereocenters. The van der Waals surface area contributed by atoms with E-state index in [-0.39, 0.29) is 29.0 Å². The highest BCUT2D eigenvalue weighted by molar-refractivity contribution is 8.01. The molecule has 2 aromatic carbocycles. The van der Waals surface area contributed by atoms with E-state index in [1.54, 1.807) is 24.4 Å². The molecule has 0 aliphatic heterocycles. The van der Waals surface area contributed by atoms with E-state index >= 15 is 0 Å². The lowest BCUT2D eigenvalue weighted by atomic mass is 10.3. The van der Waals surface area contributed by atoms with E-state index < -0.39 is 5.82 Å². The van der Waals surface area contributed by atoms with E-state index in [1.807, 2.05) is 30.3 Å². The number of nitrogens with zero attached hydrogens (tertiary/aromatic N) is 2. The molecule has 2 heterocycles. The Balaban J connectivity index is 1.32. The van der Waals surface area contributed by atoms with Gasteiger partial charge in [0.2, 0.25) is 11.8 Å². The molecule has 0 spiro atoms. The molecular formula is C22H17FN4O2S3. The predicted molar refractivity (Wildman–Crippen MR) is 129 cm³/mol. The number of carbonyl (C=O) groups excluding carboxylic acids is 2. The van der Waals surface area contributed by atoms with Crippen LogP contribution in [0.4, 0.5) is 15.8 Å². The largest absolute Gasteiger partial charge is 0.325 e. The Kier molecular flexibility index (Phi) is 7.35. The summed E-state index contributed by atoms with van der Waals surface area (Å²) in [6.45, 7) is 0. The minimum atomic E-state index is -0.473. The molecule has 2 N–H and O–H groups in total. The fraction of sp³-hybridized carbons (Fsp3) is 0.0909. The van der Waals surface area contributed by atoms with Gasteiger partial charge in [0.05, 0.1) is 32.4 Å². The molecule has 0 aliphatic carbocycles. The second-order valence-electron chi connectivity index (χ2n) is 6.48. The number of para-hydroxylation sites is 1. The number of pyridine rings is 1. The maximum atomic E-state index is 13.6. The summed E-state index contributed by atoms with van der Waals surface area (Å²) in [5, 5.41) is 6.23. The van der Waals surface area contributed by atoms with Crippen molar-refractivity contribution in [2.75, 3.05) is 22.1 Å². The molecule has 0 radical (unpaired) electrons. The number of amides is 2. The second kappa shape index (κ2) is 10.6. The van der Waals surface area contributed by atoms with E-state index in [2.05, 4.69) is 20.6 Å². The van der Waals surface area contributed by atoms with E-state index in [1.165, 1.54) is 47.0 Å². The highest BCUT2D eigenvalue weighted by Gasteiger charge is 2.11. The van der Waals surface area contributed by atoms with Gasteiger partial charge in [-0.1, -0.05) is 41.7 Å². The van der Waals surface area contributed by atoms with Crippen LogP contribution in [0.1, 0.15) is 0 Å². The summed E-state index contributed by atoms with van der Waals surface area (Å²) < 4.78 is 15.3. The molecule has 0 saturated carbocycles. The van der Waals surface area contributed by atoms with E-state index in [9.17, 15) is 14.0 Å². The van der Waals surface area contributed by atoms with Crippen molar-refractivity contribution in [1.29, 1.82) is 0 Å². The number of anilines is 2. The van der Waals surface area contributed by atoms with Crippen molar-refractivity contribution in [1.82, 2.24) is 9.97 Å². The molecule has 10 heteroatoms. The van der Waals surface area contributed by atoms with Gasteiger partial charge in [0.15, 0.2) is 4.34 Å². The van der Waals surface area contributed by atoms with Crippen molar-refractivity contribution in [3.8, 4) is 0 Å². The van der Waals surface area contributed by atoms with Crippen LogP contribution in [0.3, 0.4) is 0 Å². The molecule has 6 nitrogen and oxygen atoms in total. The van der Waals surface area contributed by atoms with Crippen LogP contribution in [0, 0.1) is 5.82 Å².